The molecule has 1 amide bonds. The first-order valence-corrected chi connectivity index (χ1v) is 5.14. The molecule has 0 unspecified atom stereocenters. The fourth-order valence-corrected chi connectivity index (χ4v) is 1.54. The topological polar surface area (TPSA) is 55.1 Å². The van der Waals surface area contributed by atoms with Crippen LogP contribution in [0.15, 0.2) is 28.8 Å². The van der Waals surface area contributed by atoms with Gasteiger partial charge in [-0.2, -0.15) is 0 Å². The molecule has 1 aromatic heterocycles. The van der Waals surface area contributed by atoms with E-state index in [1.165, 1.54) is 6.07 Å². The molecule has 0 spiro atoms. The van der Waals surface area contributed by atoms with E-state index in [0.717, 1.165) is 12.1 Å². The van der Waals surface area contributed by atoms with Gasteiger partial charge >= 0.3 is 0 Å². The maximum atomic E-state index is 12.8. The van der Waals surface area contributed by atoms with Gasteiger partial charge in [0.05, 0.1) is 10.6 Å². The normalized spacial score (nSPS) is 10.3. The van der Waals surface area contributed by atoms with Gasteiger partial charge in [-0.15, -0.1) is 0 Å². The molecule has 1 N–H and O–H groups in total. The Morgan fingerprint density at radius 2 is 2.24 bits per heavy atom. The summed E-state index contributed by atoms with van der Waals surface area (Å²) in [4.78, 5) is 11.8. The average Bonchev–Trinajstić information content (AvgIpc) is 2.63. The molecular weight excluding hydrogens is 247 g/mol. The van der Waals surface area contributed by atoms with E-state index in [2.05, 4.69) is 10.5 Å². The molecule has 0 atom stereocenters. The van der Waals surface area contributed by atoms with Gasteiger partial charge in [0.15, 0.2) is 5.82 Å². The predicted octanol–water partition coefficient (Wildman–Crippen LogP) is 3.03. The molecule has 0 aliphatic carbocycles. The first-order chi connectivity index (χ1) is 8.06. The van der Waals surface area contributed by atoms with E-state index in [-0.39, 0.29) is 16.4 Å². The second-order valence-corrected chi connectivity index (χ2v) is 3.81. The fourth-order valence-electron chi connectivity index (χ4n) is 1.28. The number of amides is 1. The second-order valence-electron chi connectivity index (χ2n) is 3.40. The van der Waals surface area contributed by atoms with Crippen LogP contribution in [0.25, 0.3) is 0 Å². The van der Waals surface area contributed by atoms with Crippen LogP contribution in [-0.2, 0) is 0 Å². The number of nitrogens with zero attached hydrogens (tertiary/aromatic N) is 1. The molecule has 88 valence electrons. The van der Waals surface area contributed by atoms with E-state index < -0.39 is 11.7 Å². The van der Waals surface area contributed by atoms with Crippen LogP contribution in [0, 0.1) is 12.7 Å². The lowest BCUT2D eigenvalue weighted by molar-refractivity contribution is 0.102. The third-order valence-electron chi connectivity index (χ3n) is 2.05. The van der Waals surface area contributed by atoms with Gasteiger partial charge in [0.1, 0.15) is 11.6 Å². The largest absolute Gasteiger partial charge is 0.360 e. The molecule has 1 heterocycles. The minimum atomic E-state index is -0.496. The van der Waals surface area contributed by atoms with Crippen molar-refractivity contribution in [2.45, 2.75) is 6.92 Å². The highest BCUT2D eigenvalue weighted by Crippen LogP contribution is 2.18. The molecular formula is C11H8ClFN2O2. The third kappa shape index (κ3) is 2.62. The van der Waals surface area contributed by atoms with Crippen molar-refractivity contribution >= 4 is 23.3 Å². The number of hydrogen-bond donors (Lipinski definition) is 1. The second kappa shape index (κ2) is 4.55. The zero-order valence-electron chi connectivity index (χ0n) is 8.83. The Morgan fingerprint density at radius 3 is 2.82 bits per heavy atom. The van der Waals surface area contributed by atoms with Crippen molar-refractivity contribution in [1.29, 1.82) is 0 Å². The van der Waals surface area contributed by atoms with Crippen molar-refractivity contribution < 1.29 is 13.7 Å². The lowest BCUT2D eigenvalue weighted by Crippen LogP contribution is -2.12. The molecule has 0 aliphatic rings. The standard InChI is InChI=1S/C11H8ClFN2O2/c1-6-4-10(15-17-6)14-11(16)8-3-2-7(13)5-9(8)12/h2-5H,1H3,(H,14,15,16). The van der Waals surface area contributed by atoms with Crippen LogP contribution in [0.2, 0.25) is 5.02 Å². The van der Waals surface area contributed by atoms with Crippen LogP contribution in [0.5, 0.6) is 0 Å². The lowest BCUT2D eigenvalue weighted by atomic mass is 10.2. The first-order valence-electron chi connectivity index (χ1n) is 4.76. The Balaban J connectivity index is 2.20. The molecule has 0 saturated heterocycles. The van der Waals surface area contributed by atoms with Crippen molar-refractivity contribution in [3.63, 3.8) is 0 Å². The van der Waals surface area contributed by atoms with Gasteiger partial charge in [-0.25, -0.2) is 4.39 Å². The van der Waals surface area contributed by atoms with Crippen LogP contribution >= 0.6 is 11.6 Å². The van der Waals surface area contributed by atoms with Gasteiger partial charge in [0.2, 0.25) is 0 Å². The minimum Gasteiger partial charge on any atom is -0.360 e. The fraction of sp³-hybridized carbons (Fsp3) is 0.0909. The minimum absolute atomic E-state index is 0.0442. The Kier molecular flexibility index (Phi) is 3.10. The first kappa shape index (κ1) is 11.6. The number of aryl methyl sites for hydroxylation is 1. The molecule has 4 nitrogen and oxygen atoms in total. The van der Waals surface area contributed by atoms with Crippen molar-refractivity contribution in [1.82, 2.24) is 5.16 Å². The molecule has 0 fully saturated rings. The monoisotopic (exact) mass is 254 g/mol. The van der Waals surface area contributed by atoms with E-state index in [1.54, 1.807) is 13.0 Å². The van der Waals surface area contributed by atoms with Gasteiger partial charge in [0, 0.05) is 6.07 Å². The number of aromatic nitrogens is 1. The number of carbonyl (C=O) groups is 1. The molecule has 0 aliphatic heterocycles. The Hall–Kier alpha value is -1.88. The summed E-state index contributed by atoms with van der Waals surface area (Å²) >= 11 is 5.75. The highest BCUT2D eigenvalue weighted by atomic mass is 35.5. The van der Waals surface area contributed by atoms with Crippen LogP contribution in [0.3, 0.4) is 0 Å². The number of rotatable bonds is 2. The van der Waals surface area contributed by atoms with Crippen molar-refractivity contribution in [2.75, 3.05) is 5.32 Å². The molecule has 0 radical (unpaired) electrons. The van der Waals surface area contributed by atoms with Gasteiger partial charge in [-0.05, 0) is 25.1 Å². The van der Waals surface area contributed by atoms with Crippen molar-refractivity contribution in [3.8, 4) is 0 Å². The van der Waals surface area contributed by atoms with E-state index in [9.17, 15) is 9.18 Å². The van der Waals surface area contributed by atoms with E-state index >= 15 is 0 Å². The molecule has 17 heavy (non-hydrogen) atoms. The van der Waals surface area contributed by atoms with Gasteiger partial charge in [-0.3, -0.25) is 4.79 Å². The van der Waals surface area contributed by atoms with E-state index in [0.29, 0.717) is 5.76 Å². The average molecular weight is 255 g/mol. The molecule has 0 saturated carbocycles. The van der Waals surface area contributed by atoms with Gasteiger partial charge in [0.25, 0.3) is 5.91 Å². The molecule has 1 aromatic carbocycles. The van der Waals surface area contributed by atoms with Crippen LogP contribution < -0.4 is 5.32 Å². The molecule has 2 aromatic rings. The van der Waals surface area contributed by atoms with E-state index in [4.69, 9.17) is 16.1 Å². The Morgan fingerprint density at radius 1 is 1.47 bits per heavy atom. The summed E-state index contributed by atoms with van der Waals surface area (Å²) < 4.78 is 17.6. The lowest BCUT2D eigenvalue weighted by Gasteiger charge is -2.03. The van der Waals surface area contributed by atoms with Crippen LogP contribution in [-0.4, -0.2) is 11.1 Å². The van der Waals surface area contributed by atoms with Crippen LogP contribution in [0.1, 0.15) is 16.1 Å². The third-order valence-corrected chi connectivity index (χ3v) is 2.36. The number of halogens is 2. The highest BCUT2D eigenvalue weighted by Gasteiger charge is 2.12. The maximum Gasteiger partial charge on any atom is 0.258 e. The number of nitrogens with one attached hydrogen (secondary N) is 1. The summed E-state index contributed by atoms with van der Waals surface area (Å²) in [6.07, 6.45) is 0. The summed E-state index contributed by atoms with van der Waals surface area (Å²) in [6.45, 7) is 1.70. The summed E-state index contributed by atoms with van der Waals surface area (Å²) in [7, 11) is 0. The zero-order chi connectivity index (χ0) is 12.4. The van der Waals surface area contributed by atoms with Crippen molar-refractivity contribution in [3.05, 3.63) is 46.4 Å². The van der Waals surface area contributed by atoms with Crippen LogP contribution in [0.4, 0.5) is 10.2 Å². The summed E-state index contributed by atoms with van der Waals surface area (Å²) in [5.74, 6) is -0.106. The maximum absolute atomic E-state index is 12.8. The van der Waals surface area contributed by atoms with Crippen molar-refractivity contribution in [2.24, 2.45) is 0 Å². The van der Waals surface area contributed by atoms with Gasteiger partial charge < -0.3 is 9.84 Å². The quantitative estimate of drug-likeness (QED) is 0.896. The zero-order valence-corrected chi connectivity index (χ0v) is 9.58. The smallest absolute Gasteiger partial charge is 0.258 e. The van der Waals surface area contributed by atoms with E-state index in [1.807, 2.05) is 0 Å². The molecule has 0 bridgehead atoms. The number of hydrogen-bond acceptors (Lipinski definition) is 3. The number of anilines is 1. The molecule has 2 rings (SSSR count). The number of carbonyl (C=O) groups excluding carboxylic acids is 1. The van der Waals surface area contributed by atoms with Gasteiger partial charge in [-0.1, -0.05) is 16.8 Å². The Bertz CT molecular complexity index is 568. The summed E-state index contributed by atoms with van der Waals surface area (Å²) in [5.41, 5.74) is 0.175. The predicted molar refractivity (Wildman–Crippen MR) is 60.6 cm³/mol. The molecule has 6 heteroatoms. The summed E-state index contributed by atoms with van der Waals surface area (Å²) in [6, 6.07) is 5.11. The SMILES string of the molecule is Cc1cc(NC(=O)c2ccc(F)cc2Cl)no1. The number of benzene rings is 1. The highest BCUT2D eigenvalue weighted by molar-refractivity contribution is 6.34. The summed E-state index contributed by atoms with van der Waals surface area (Å²) in [5, 5.41) is 6.14. The Labute approximate surface area is 101 Å².